The number of fused-ring (bicyclic) bond motifs is 2. The van der Waals surface area contributed by atoms with E-state index in [9.17, 15) is 4.79 Å². The first-order valence-corrected chi connectivity index (χ1v) is 22.8. The van der Waals surface area contributed by atoms with Crippen LogP contribution in [-0.2, 0) is 18.9 Å². The van der Waals surface area contributed by atoms with Crippen LogP contribution in [0.1, 0.15) is 0 Å². The molecule has 0 radical (unpaired) electrons. The van der Waals surface area contributed by atoms with Gasteiger partial charge >= 0.3 is 0 Å². The van der Waals surface area contributed by atoms with Gasteiger partial charge in [0.2, 0.25) is 17.8 Å². The van der Waals surface area contributed by atoms with Gasteiger partial charge in [0, 0.05) is 124 Å². The van der Waals surface area contributed by atoms with Gasteiger partial charge in [-0.05, 0) is 70.7 Å². The number of aryl methyl sites for hydroxylation is 2. The van der Waals surface area contributed by atoms with Crippen molar-refractivity contribution in [1.29, 1.82) is 0 Å². The zero-order valence-electron chi connectivity index (χ0n) is 41.8. The fourth-order valence-electron chi connectivity index (χ4n) is 8.03. The van der Waals surface area contributed by atoms with Crippen molar-refractivity contribution in [2.24, 2.45) is 14.1 Å². The molecule has 0 fully saturated rings. The van der Waals surface area contributed by atoms with Crippen LogP contribution in [-0.4, -0.2) is 127 Å². The van der Waals surface area contributed by atoms with Gasteiger partial charge < -0.3 is 59.9 Å². The summed E-state index contributed by atoms with van der Waals surface area (Å²) in [6.07, 6.45) is 8.89. The summed E-state index contributed by atoms with van der Waals surface area (Å²) in [7, 11) is 19.5. The van der Waals surface area contributed by atoms with Gasteiger partial charge in [0.05, 0.1) is 59.7 Å². The lowest BCUT2D eigenvalue weighted by atomic mass is 10.1. The topological polar surface area (TPSA) is 172 Å². The van der Waals surface area contributed by atoms with Crippen LogP contribution in [0.5, 0.6) is 11.5 Å². The van der Waals surface area contributed by atoms with Crippen LogP contribution in [0.3, 0.4) is 0 Å². The molecule has 0 unspecified atom stereocenters. The summed E-state index contributed by atoms with van der Waals surface area (Å²) in [4.78, 5) is 39.1. The predicted octanol–water partition coefficient (Wildman–Crippen LogP) is 8.48. The van der Waals surface area contributed by atoms with Crippen molar-refractivity contribution in [3.8, 4) is 34.0 Å². The average Bonchev–Trinajstić information content (AvgIpc) is 3.88. The Hall–Kier alpha value is -8.15. The molecule has 0 aliphatic rings. The summed E-state index contributed by atoms with van der Waals surface area (Å²) in [5, 5.41) is 11.7. The van der Waals surface area contributed by atoms with E-state index in [0.717, 1.165) is 87.6 Å². The zero-order chi connectivity index (χ0) is 50.1. The summed E-state index contributed by atoms with van der Waals surface area (Å²) in [6, 6.07) is 27.8. The van der Waals surface area contributed by atoms with E-state index in [2.05, 4.69) is 112 Å². The molecule has 4 heterocycles. The number of rotatable bonds is 18. The molecule has 1 amide bonds. The Labute approximate surface area is 410 Å². The standard InChI is InChI=1S/C28H33N7O2.C25H31N7O/c1-7-27(36)30-22-16-23(26(37-6)17-25(22)34(4)15-14-33(2)3)32-28-29-13-12-21(31-28)20-18-35(5)24-11-9-8-10-19(20)24;1-30(2)12-13-31(3)23-15-24(33-5)21(14-19(23)26)29-25-27-11-10-20(28-25)18-16-32(4)22-9-7-6-8-17(18)22/h7-13,16-18H,1,14-15H2,2-6H3,(H,30,36)(H,29,31,32);6-11,14-16H,12-13,26H2,1-5H3,(H,27,28,29). The summed E-state index contributed by atoms with van der Waals surface area (Å²) >= 11 is 0. The Morgan fingerprint density at radius 3 is 1.57 bits per heavy atom. The van der Waals surface area contributed by atoms with E-state index in [1.54, 1.807) is 26.6 Å². The van der Waals surface area contributed by atoms with E-state index in [-0.39, 0.29) is 5.91 Å². The number of amides is 1. The zero-order valence-corrected chi connectivity index (χ0v) is 41.8. The Kier molecular flexibility index (Phi) is 15.9. The lowest BCUT2D eigenvalue weighted by Crippen LogP contribution is -2.29. The van der Waals surface area contributed by atoms with Gasteiger partial charge in [-0.2, -0.15) is 0 Å². The number of methoxy groups -OCH3 is 2. The fraction of sp³-hybridized carbons (Fsp3) is 0.264. The molecule has 5 N–H and O–H groups in total. The number of nitrogens with one attached hydrogen (secondary N) is 3. The van der Waals surface area contributed by atoms with Gasteiger partial charge in [-0.25, -0.2) is 19.9 Å². The highest BCUT2D eigenvalue weighted by Gasteiger charge is 2.19. The van der Waals surface area contributed by atoms with Crippen LogP contribution in [0.15, 0.2) is 122 Å². The number of aromatic nitrogens is 6. The number of ether oxygens (including phenoxy) is 2. The molecule has 0 atom stereocenters. The Bertz CT molecular complexity index is 3110. The van der Waals surface area contributed by atoms with Crippen molar-refractivity contribution in [3.63, 3.8) is 0 Å². The number of anilines is 8. The molecule has 17 nitrogen and oxygen atoms in total. The van der Waals surface area contributed by atoms with Gasteiger partial charge in [-0.15, -0.1) is 0 Å². The molecular formula is C53H64N14O3. The number of nitrogens with zero attached hydrogens (tertiary/aromatic N) is 10. The van der Waals surface area contributed by atoms with E-state index in [1.807, 2.05) is 103 Å². The number of carbonyl (C=O) groups excluding carboxylic acids is 1. The van der Waals surface area contributed by atoms with Crippen molar-refractivity contribution in [2.45, 2.75) is 0 Å². The van der Waals surface area contributed by atoms with Gasteiger partial charge in [-0.1, -0.05) is 43.0 Å². The highest BCUT2D eigenvalue weighted by molar-refractivity contribution is 6.02. The lowest BCUT2D eigenvalue weighted by molar-refractivity contribution is -0.111. The molecule has 0 saturated heterocycles. The largest absolute Gasteiger partial charge is 0.494 e. The molecule has 4 aromatic heterocycles. The first-order valence-electron chi connectivity index (χ1n) is 22.8. The van der Waals surface area contributed by atoms with E-state index in [4.69, 9.17) is 25.2 Å². The minimum absolute atomic E-state index is 0.299. The maximum absolute atomic E-state index is 12.2. The van der Waals surface area contributed by atoms with Crippen LogP contribution < -0.4 is 41.0 Å². The molecule has 8 aromatic rings. The van der Waals surface area contributed by atoms with Crippen molar-refractivity contribution < 1.29 is 14.3 Å². The van der Waals surface area contributed by atoms with E-state index < -0.39 is 0 Å². The fourth-order valence-corrected chi connectivity index (χ4v) is 8.03. The normalized spacial score (nSPS) is 11.1. The van der Waals surface area contributed by atoms with Crippen molar-refractivity contribution in [2.75, 3.05) is 114 Å². The monoisotopic (exact) mass is 945 g/mol. The van der Waals surface area contributed by atoms with E-state index >= 15 is 0 Å². The van der Waals surface area contributed by atoms with E-state index in [0.29, 0.717) is 40.5 Å². The summed E-state index contributed by atoms with van der Waals surface area (Å²) in [5.41, 5.74) is 16.8. The molecule has 17 heteroatoms. The summed E-state index contributed by atoms with van der Waals surface area (Å²) < 4.78 is 15.5. The Morgan fingerprint density at radius 1 is 0.643 bits per heavy atom. The second-order valence-electron chi connectivity index (χ2n) is 17.4. The number of hydrogen-bond acceptors (Lipinski definition) is 14. The first-order chi connectivity index (χ1) is 33.7. The molecule has 70 heavy (non-hydrogen) atoms. The second-order valence-corrected chi connectivity index (χ2v) is 17.4. The minimum atomic E-state index is -0.299. The second kappa shape index (κ2) is 22.3. The van der Waals surface area contributed by atoms with Gasteiger partial charge in [0.1, 0.15) is 11.5 Å². The van der Waals surface area contributed by atoms with E-state index in [1.165, 1.54) is 6.08 Å². The number of carbonyl (C=O) groups is 1. The van der Waals surface area contributed by atoms with Crippen molar-refractivity contribution in [3.05, 3.63) is 122 Å². The summed E-state index contributed by atoms with van der Waals surface area (Å²) in [5.74, 6) is 1.87. The third-order valence-electron chi connectivity index (χ3n) is 11.8. The highest BCUT2D eigenvalue weighted by Crippen LogP contribution is 2.39. The van der Waals surface area contributed by atoms with Crippen molar-refractivity contribution >= 4 is 73.7 Å². The molecule has 0 aliphatic heterocycles. The first kappa shape index (κ1) is 49.7. The number of para-hydroxylation sites is 2. The van der Waals surface area contributed by atoms with Crippen molar-refractivity contribution in [1.82, 2.24) is 38.9 Å². The molecule has 0 aliphatic carbocycles. The Morgan fingerprint density at radius 2 is 1.10 bits per heavy atom. The Balaban J connectivity index is 0.000000208. The molecular weight excluding hydrogens is 881 g/mol. The number of likely N-dealkylation sites (N-methyl/N-ethyl adjacent to an activating group) is 4. The van der Waals surface area contributed by atoms with Gasteiger partial charge in [0.15, 0.2) is 0 Å². The smallest absolute Gasteiger partial charge is 0.247 e. The highest BCUT2D eigenvalue weighted by atomic mass is 16.5. The molecule has 364 valence electrons. The summed E-state index contributed by atoms with van der Waals surface area (Å²) in [6.45, 7) is 6.97. The maximum Gasteiger partial charge on any atom is 0.247 e. The van der Waals surface area contributed by atoms with Crippen LogP contribution in [0.25, 0.3) is 44.3 Å². The SMILES string of the molecule is C=CC(=O)Nc1cc(Nc2nccc(-c3cn(C)c4ccccc34)n2)c(OC)cc1N(C)CCN(C)C.COc1cc(N(C)CCN(C)C)c(N)cc1Nc1nccc(-c2cn(C)c3ccccc23)n1. The van der Waals surface area contributed by atoms with Gasteiger partial charge in [0.25, 0.3) is 0 Å². The minimum Gasteiger partial charge on any atom is -0.494 e. The van der Waals surface area contributed by atoms with Crippen LogP contribution in [0.4, 0.5) is 46.0 Å². The number of benzene rings is 4. The molecule has 0 saturated carbocycles. The number of nitrogen functional groups attached to an aromatic ring is 1. The molecule has 0 bridgehead atoms. The van der Waals surface area contributed by atoms with Crippen LogP contribution in [0.2, 0.25) is 0 Å². The maximum atomic E-state index is 12.2. The predicted molar refractivity (Wildman–Crippen MR) is 287 cm³/mol. The lowest BCUT2D eigenvalue weighted by Gasteiger charge is -2.26. The van der Waals surface area contributed by atoms with Crippen LogP contribution in [0, 0.1) is 0 Å². The molecule has 0 spiro atoms. The third kappa shape index (κ3) is 11.6. The van der Waals surface area contributed by atoms with Gasteiger partial charge in [-0.3, -0.25) is 4.79 Å². The average molecular weight is 945 g/mol. The number of nitrogens with two attached hydrogens (primary N) is 1. The molecule has 4 aromatic carbocycles. The van der Waals surface area contributed by atoms with Crippen LogP contribution >= 0.6 is 0 Å². The quantitative estimate of drug-likeness (QED) is 0.0477. The third-order valence-corrected chi connectivity index (χ3v) is 11.8. The molecule has 8 rings (SSSR count). The number of hydrogen-bond donors (Lipinski definition) is 4.